The van der Waals surface area contributed by atoms with E-state index in [4.69, 9.17) is 9.84 Å². The van der Waals surface area contributed by atoms with E-state index >= 15 is 0 Å². The van der Waals surface area contributed by atoms with Crippen LogP contribution in [0.4, 0.5) is 0 Å². The summed E-state index contributed by atoms with van der Waals surface area (Å²) in [5, 5.41) is 12.4. The van der Waals surface area contributed by atoms with Gasteiger partial charge in [0.2, 0.25) is 0 Å². The number of nitrogens with one attached hydrogen (secondary N) is 1. The van der Waals surface area contributed by atoms with Crippen molar-refractivity contribution in [3.05, 3.63) is 12.2 Å². The van der Waals surface area contributed by atoms with Crippen LogP contribution in [-0.4, -0.2) is 35.9 Å². The quantitative estimate of drug-likeness (QED) is 0.422. The van der Waals surface area contributed by atoms with Gasteiger partial charge in [0.25, 0.3) is 0 Å². The molecule has 4 atom stereocenters. The minimum absolute atomic E-state index is 0.267. The summed E-state index contributed by atoms with van der Waals surface area (Å²) in [7, 11) is 0. The van der Waals surface area contributed by atoms with Crippen LogP contribution in [0.15, 0.2) is 12.2 Å². The molecule has 0 spiro atoms. The maximum atomic E-state index is 10.5. The number of aliphatic carboxylic acids is 1. The van der Waals surface area contributed by atoms with Gasteiger partial charge in [0.15, 0.2) is 0 Å². The number of ether oxygens (including phenoxy) is 1. The molecule has 4 heteroatoms. The van der Waals surface area contributed by atoms with E-state index in [0.717, 1.165) is 25.8 Å². The SMILES string of the molecule is CCCCCCN[C@@H]1[C@@H](C/C=C\CCCC(=O)O)[C@H]2CC[C@@H]1O2. The Morgan fingerprint density at radius 2 is 2.00 bits per heavy atom. The summed E-state index contributed by atoms with van der Waals surface area (Å²) in [6, 6.07) is 0.513. The summed E-state index contributed by atoms with van der Waals surface area (Å²) in [4.78, 5) is 10.5. The largest absolute Gasteiger partial charge is 0.481 e. The van der Waals surface area contributed by atoms with E-state index in [1.54, 1.807) is 0 Å². The predicted molar refractivity (Wildman–Crippen MR) is 92.6 cm³/mol. The Hall–Kier alpha value is -0.870. The van der Waals surface area contributed by atoms with Gasteiger partial charge in [-0.1, -0.05) is 38.3 Å². The molecule has 0 unspecified atom stereocenters. The minimum atomic E-state index is -0.702. The van der Waals surface area contributed by atoms with Crippen molar-refractivity contribution in [1.29, 1.82) is 0 Å². The van der Waals surface area contributed by atoms with Crippen LogP contribution in [-0.2, 0) is 9.53 Å². The van der Waals surface area contributed by atoms with Gasteiger partial charge in [-0.3, -0.25) is 4.79 Å². The number of hydrogen-bond acceptors (Lipinski definition) is 3. The molecule has 0 aromatic heterocycles. The Morgan fingerprint density at radius 3 is 2.78 bits per heavy atom. The molecule has 0 aromatic carbocycles. The van der Waals surface area contributed by atoms with Crippen LogP contribution in [0.2, 0.25) is 0 Å². The maximum Gasteiger partial charge on any atom is 0.303 e. The molecular weight excluding hydrogens is 290 g/mol. The van der Waals surface area contributed by atoms with E-state index in [0.29, 0.717) is 24.2 Å². The van der Waals surface area contributed by atoms with Gasteiger partial charge in [0.1, 0.15) is 0 Å². The molecule has 0 amide bonds. The summed E-state index contributed by atoms with van der Waals surface area (Å²) in [5.41, 5.74) is 0. The second kappa shape index (κ2) is 10.1. The highest BCUT2D eigenvalue weighted by atomic mass is 16.5. The van der Waals surface area contributed by atoms with Crippen molar-refractivity contribution in [1.82, 2.24) is 5.32 Å². The average Bonchev–Trinajstić information content (AvgIpc) is 3.12. The zero-order chi connectivity index (χ0) is 16.5. The molecule has 2 N–H and O–H groups in total. The van der Waals surface area contributed by atoms with Gasteiger partial charge in [-0.15, -0.1) is 0 Å². The van der Waals surface area contributed by atoms with Crippen LogP contribution in [0.5, 0.6) is 0 Å². The van der Waals surface area contributed by atoms with Crippen molar-refractivity contribution in [3.63, 3.8) is 0 Å². The zero-order valence-corrected chi connectivity index (χ0v) is 14.5. The zero-order valence-electron chi connectivity index (χ0n) is 14.5. The van der Waals surface area contributed by atoms with Crippen LogP contribution in [0.1, 0.15) is 71.1 Å². The van der Waals surface area contributed by atoms with Crippen molar-refractivity contribution in [2.45, 2.75) is 89.4 Å². The number of allylic oxidation sites excluding steroid dienone is 2. The predicted octanol–water partition coefficient (Wildman–Crippen LogP) is 3.90. The van der Waals surface area contributed by atoms with E-state index in [1.165, 1.54) is 38.5 Å². The molecule has 132 valence electrons. The van der Waals surface area contributed by atoms with E-state index in [1.807, 2.05) is 0 Å². The van der Waals surface area contributed by atoms with Crippen molar-refractivity contribution in [2.75, 3.05) is 6.54 Å². The molecule has 2 aliphatic heterocycles. The maximum absolute atomic E-state index is 10.5. The second-order valence-electron chi connectivity index (χ2n) is 6.99. The first kappa shape index (κ1) is 18.5. The number of carboxylic acid groups (broad SMARTS) is 1. The topological polar surface area (TPSA) is 58.6 Å². The number of fused-ring (bicyclic) bond motifs is 2. The third-order valence-electron chi connectivity index (χ3n) is 5.17. The number of hydrogen-bond donors (Lipinski definition) is 2. The first-order valence-corrected chi connectivity index (χ1v) is 9.48. The van der Waals surface area contributed by atoms with Gasteiger partial charge in [0.05, 0.1) is 12.2 Å². The Morgan fingerprint density at radius 1 is 1.17 bits per heavy atom. The third kappa shape index (κ3) is 5.92. The van der Waals surface area contributed by atoms with Crippen molar-refractivity contribution >= 4 is 5.97 Å². The number of carboxylic acids is 1. The van der Waals surface area contributed by atoms with Gasteiger partial charge in [-0.25, -0.2) is 0 Å². The minimum Gasteiger partial charge on any atom is -0.481 e. The number of unbranched alkanes of at least 4 members (excludes halogenated alkanes) is 4. The highest BCUT2D eigenvalue weighted by Crippen LogP contribution is 2.41. The molecule has 2 bridgehead atoms. The lowest BCUT2D eigenvalue weighted by molar-refractivity contribution is -0.137. The number of carbonyl (C=O) groups is 1. The molecule has 0 aliphatic carbocycles. The molecule has 4 nitrogen and oxygen atoms in total. The van der Waals surface area contributed by atoms with Crippen LogP contribution < -0.4 is 5.32 Å². The molecule has 2 fully saturated rings. The molecule has 2 aliphatic rings. The van der Waals surface area contributed by atoms with Gasteiger partial charge < -0.3 is 15.2 Å². The molecule has 2 rings (SSSR count). The third-order valence-corrected chi connectivity index (χ3v) is 5.17. The van der Waals surface area contributed by atoms with Gasteiger partial charge in [0, 0.05) is 18.4 Å². The molecule has 2 saturated heterocycles. The molecule has 0 saturated carbocycles. The molecule has 0 radical (unpaired) electrons. The van der Waals surface area contributed by atoms with Crippen molar-refractivity contribution in [3.8, 4) is 0 Å². The lowest BCUT2D eigenvalue weighted by Crippen LogP contribution is -2.44. The molecule has 0 aromatic rings. The summed E-state index contributed by atoms with van der Waals surface area (Å²) >= 11 is 0. The number of rotatable bonds is 12. The van der Waals surface area contributed by atoms with Crippen molar-refractivity contribution in [2.24, 2.45) is 5.92 Å². The highest BCUT2D eigenvalue weighted by molar-refractivity contribution is 5.66. The first-order valence-electron chi connectivity index (χ1n) is 9.48. The van der Waals surface area contributed by atoms with Gasteiger partial charge >= 0.3 is 5.97 Å². The lowest BCUT2D eigenvalue weighted by Gasteiger charge is -2.28. The summed E-state index contributed by atoms with van der Waals surface area (Å²) < 4.78 is 6.11. The lowest BCUT2D eigenvalue weighted by atomic mass is 9.82. The smallest absolute Gasteiger partial charge is 0.303 e. The van der Waals surface area contributed by atoms with Gasteiger partial charge in [-0.05, 0) is 45.1 Å². The van der Waals surface area contributed by atoms with E-state index in [9.17, 15) is 4.79 Å². The fraction of sp³-hybridized carbons (Fsp3) is 0.842. The Labute approximate surface area is 140 Å². The molecule has 2 heterocycles. The summed E-state index contributed by atoms with van der Waals surface area (Å²) in [6.07, 6.45) is 15.8. The molecule has 23 heavy (non-hydrogen) atoms. The summed E-state index contributed by atoms with van der Waals surface area (Å²) in [6.45, 7) is 3.35. The van der Waals surface area contributed by atoms with E-state index < -0.39 is 5.97 Å². The Balaban J connectivity index is 1.68. The van der Waals surface area contributed by atoms with Crippen LogP contribution in [0.3, 0.4) is 0 Å². The first-order chi connectivity index (χ1) is 11.2. The van der Waals surface area contributed by atoms with Crippen LogP contribution in [0.25, 0.3) is 0 Å². The van der Waals surface area contributed by atoms with Crippen LogP contribution in [0, 0.1) is 5.92 Å². The standard InChI is InChI=1S/C19H33NO3/c1-2-3-4-9-14-20-19-15(16-12-13-17(19)23-16)10-7-5-6-8-11-18(21)22/h5,7,15-17,19-20H,2-4,6,8-14H2,1H3,(H,21,22)/b7-5-/t15-,16+,17-,19+/m0/s1. The fourth-order valence-electron chi connectivity index (χ4n) is 3.92. The fourth-order valence-corrected chi connectivity index (χ4v) is 3.92. The van der Waals surface area contributed by atoms with E-state index in [-0.39, 0.29) is 6.42 Å². The Kier molecular flexibility index (Phi) is 8.10. The second-order valence-corrected chi connectivity index (χ2v) is 6.99. The van der Waals surface area contributed by atoms with Crippen LogP contribution >= 0.6 is 0 Å². The normalized spacial score (nSPS) is 29.6. The Bertz CT molecular complexity index is 383. The average molecular weight is 323 g/mol. The monoisotopic (exact) mass is 323 g/mol. The van der Waals surface area contributed by atoms with Crippen molar-refractivity contribution < 1.29 is 14.6 Å². The van der Waals surface area contributed by atoms with Gasteiger partial charge in [-0.2, -0.15) is 0 Å². The molecular formula is C19H33NO3. The summed E-state index contributed by atoms with van der Waals surface area (Å²) in [5.74, 6) is -0.108. The van der Waals surface area contributed by atoms with E-state index in [2.05, 4.69) is 24.4 Å². The highest BCUT2D eigenvalue weighted by Gasteiger charge is 2.47.